The maximum absolute atomic E-state index is 13.6. The predicted octanol–water partition coefficient (Wildman–Crippen LogP) is 2.37. The van der Waals surface area contributed by atoms with Crippen LogP contribution in [0.25, 0.3) is 0 Å². The highest BCUT2D eigenvalue weighted by atomic mass is 16.4. The summed E-state index contributed by atoms with van der Waals surface area (Å²) < 4.78 is 0. The van der Waals surface area contributed by atoms with Gasteiger partial charge in [0.25, 0.3) is 0 Å². The fraction of sp³-hybridized carbons (Fsp3) is 0.360. The molecule has 2 aliphatic rings. The molecule has 170 valence electrons. The van der Waals surface area contributed by atoms with E-state index in [-0.39, 0.29) is 12.2 Å². The number of imide groups is 1. The molecule has 2 amide bonds. The zero-order valence-corrected chi connectivity index (χ0v) is 18.6. The summed E-state index contributed by atoms with van der Waals surface area (Å²) in [6, 6.07) is 14.0. The van der Waals surface area contributed by atoms with Gasteiger partial charge < -0.3 is 10.2 Å². The molecule has 0 saturated carbocycles. The summed E-state index contributed by atoms with van der Waals surface area (Å²) in [4.78, 5) is 41.1. The van der Waals surface area contributed by atoms with Crippen LogP contribution in [0.2, 0.25) is 0 Å². The van der Waals surface area contributed by atoms with E-state index >= 15 is 0 Å². The van der Waals surface area contributed by atoms with Crippen LogP contribution in [-0.2, 0) is 20.8 Å². The summed E-state index contributed by atoms with van der Waals surface area (Å²) in [6.07, 6.45) is -0.0481. The molecule has 3 N–H and O–H groups in total. The molecule has 8 nitrogen and oxygen atoms in total. The molecule has 2 saturated heterocycles. The number of carboxylic acids is 1. The van der Waals surface area contributed by atoms with Crippen LogP contribution in [0, 0.1) is 23.2 Å². The lowest BCUT2D eigenvalue weighted by Gasteiger charge is -2.35. The van der Waals surface area contributed by atoms with E-state index in [1.807, 2.05) is 6.07 Å². The number of hydrogen-bond acceptors (Lipinski definition) is 6. The maximum Gasteiger partial charge on any atom is 0.325 e. The van der Waals surface area contributed by atoms with Crippen molar-refractivity contribution in [2.75, 3.05) is 0 Å². The lowest BCUT2D eigenvalue weighted by molar-refractivity contribution is -0.153. The number of likely N-dealkylation sites (tertiary alicyclic amines) is 1. The Labute approximate surface area is 191 Å². The summed E-state index contributed by atoms with van der Waals surface area (Å²) in [5.41, 5.74) is -0.859. The number of hydrogen-bond donors (Lipinski definition) is 3. The van der Waals surface area contributed by atoms with Crippen molar-refractivity contribution in [1.82, 2.24) is 10.2 Å². The van der Waals surface area contributed by atoms with Gasteiger partial charge in [0, 0.05) is 18.0 Å². The Morgan fingerprint density at radius 2 is 1.70 bits per heavy atom. The number of nitrogens with one attached hydrogen (secondary N) is 1. The molecule has 0 radical (unpaired) electrons. The Kier molecular flexibility index (Phi) is 5.26. The van der Waals surface area contributed by atoms with Gasteiger partial charge in [-0.05, 0) is 56.2 Å². The first-order chi connectivity index (χ1) is 15.5. The topological polar surface area (TPSA) is 131 Å². The van der Waals surface area contributed by atoms with Crippen LogP contribution in [0.4, 0.5) is 0 Å². The largest absolute Gasteiger partial charge is 0.508 e. The van der Waals surface area contributed by atoms with Crippen LogP contribution >= 0.6 is 0 Å². The number of aromatic hydroxyl groups is 1. The molecule has 4 rings (SSSR count). The predicted molar refractivity (Wildman–Crippen MR) is 118 cm³/mol. The van der Waals surface area contributed by atoms with E-state index < -0.39 is 46.7 Å². The Hall–Kier alpha value is -3.70. The molecule has 2 fully saturated rings. The van der Waals surface area contributed by atoms with E-state index in [1.165, 1.54) is 17.0 Å². The van der Waals surface area contributed by atoms with E-state index in [0.29, 0.717) is 16.7 Å². The highest BCUT2D eigenvalue weighted by Crippen LogP contribution is 2.51. The van der Waals surface area contributed by atoms with Gasteiger partial charge >= 0.3 is 5.97 Å². The Balaban J connectivity index is 1.86. The minimum atomic E-state index is -1.73. The zero-order chi connectivity index (χ0) is 24.1. The number of phenolic OH excluding ortho intramolecular Hbond substituents is 1. The molecule has 2 aromatic rings. The average molecular weight is 447 g/mol. The van der Waals surface area contributed by atoms with E-state index in [1.54, 1.807) is 57.2 Å². The van der Waals surface area contributed by atoms with E-state index in [2.05, 4.69) is 5.32 Å². The number of nitriles is 1. The number of aliphatic carboxylic acids is 1. The van der Waals surface area contributed by atoms with Crippen molar-refractivity contribution in [2.24, 2.45) is 11.8 Å². The molecule has 33 heavy (non-hydrogen) atoms. The van der Waals surface area contributed by atoms with Crippen LogP contribution in [-0.4, -0.2) is 44.0 Å². The summed E-state index contributed by atoms with van der Waals surface area (Å²) in [5.74, 6) is -4.12. The molecular weight excluding hydrogens is 422 g/mol. The normalized spacial score (nSPS) is 26.8. The second-order valence-corrected chi connectivity index (χ2v) is 9.66. The highest BCUT2D eigenvalue weighted by Gasteiger charge is 2.69. The van der Waals surface area contributed by atoms with Crippen molar-refractivity contribution >= 4 is 17.8 Å². The summed E-state index contributed by atoms with van der Waals surface area (Å²) in [7, 11) is 0. The van der Waals surface area contributed by atoms with E-state index in [9.17, 15) is 24.6 Å². The van der Waals surface area contributed by atoms with Gasteiger partial charge in [-0.3, -0.25) is 24.6 Å². The van der Waals surface area contributed by atoms with Crippen molar-refractivity contribution in [3.63, 3.8) is 0 Å². The van der Waals surface area contributed by atoms with Gasteiger partial charge in [-0.1, -0.05) is 24.3 Å². The van der Waals surface area contributed by atoms with Gasteiger partial charge in [0.05, 0.1) is 23.5 Å². The van der Waals surface area contributed by atoms with Gasteiger partial charge in [0.1, 0.15) is 11.3 Å². The second kappa shape index (κ2) is 7.71. The Bertz CT molecular complexity index is 1160. The first-order valence-electron chi connectivity index (χ1n) is 10.7. The second-order valence-electron chi connectivity index (χ2n) is 9.66. The van der Waals surface area contributed by atoms with Crippen LogP contribution in [0.5, 0.6) is 5.75 Å². The van der Waals surface area contributed by atoms with Crippen LogP contribution in [0.3, 0.4) is 0 Å². The molecule has 0 bridgehead atoms. The molecule has 2 aliphatic heterocycles. The van der Waals surface area contributed by atoms with E-state index in [0.717, 1.165) is 0 Å². The number of phenols is 1. The van der Waals surface area contributed by atoms with Crippen molar-refractivity contribution in [3.8, 4) is 11.8 Å². The fourth-order valence-electron chi connectivity index (χ4n) is 5.09. The van der Waals surface area contributed by atoms with Crippen molar-refractivity contribution < 1.29 is 24.6 Å². The lowest BCUT2D eigenvalue weighted by Crippen LogP contribution is -2.58. The Morgan fingerprint density at radius 1 is 1.09 bits per heavy atom. The molecule has 0 spiro atoms. The minimum Gasteiger partial charge on any atom is -0.508 e. The molecule has 4 atom stereocenters. The minimum absolute atomic E-state index is 0.0434. The standard InChI is InChI=1S/C25H25N3O5/c1-24(2,3)28-21(30)18-19(22(28)31)25(23(32)33,12-14-6-10-17(29)11-7-14)27-20(18)16-8-4-15(13-26)5-9-16/h4-11,18-20,27,29H,12H2,1-3H3,(H,32,33). The number of fused-ring (bicyclic) bond motifs is 1. The Morgan fingerprint density at radius 3 is 2.21 bits per heavy atom. The highest BCUT2D eigenvalue weighted by molar-refractivity contribution is 6.10. The number of carbonyl (C=O) groups excluding carboxylic acids is 2. The van der Waals surface area contributed by atoms with Crippen molar-refractivity contribution in [1.29, 1.82) is 5.26 Å². The van der Waals surface area contributed by atoms with E-state index in [4.69, 9.17) is 5.26 Å². The third-order valence-electron chi connectivity index (χ3n) is 6.52. The maximum atomic E-state index is 13.6. The fourth-order valence-corrected chi connectivity index (χ4v) is 5.09. The number of nitrogens with zero attached hydrogens (tertiary/aromatic N) is 2. The monoisotopic (exact) mass is 447 g/mol. The van der Waals surface area contributed by atoms with Gasteiger partial charge in [0.2, 0.25) is 11.8 Å². The molecule has 2 heterocycles. The number of rotatable bonds is 4. The first-order valence-corrected chi connectivity index (χ1v) is 10.7. The van der Waals surface area contributed by atoms with Crippen LogP contribution in [0.15, 0.2) is 48.5 Å². The lowest BCUT2D eigenvalue weighted by atomic mass is 9.76. The van der Waals surface area contributed by atoms with Gasteiger partial charge in [0.15, 0.2) is 0 Å². The summed E-state index contributed by atoms with van der Waals surface area (Å²) in [6.45, 7) is 5.24. The summed E-state index contributed by atoms with van der Waals surface area (Å²) >= 11 is 0. The molecule has 8 heteroatoms. The van der Waals surface area contributed by atoms with Crippen molar-refractivity contribution in [2.45, 2.75) is 44.3 Å². The molecule has 4 unspecified atom stereocenters. The third-order valence-corrected chi connectivity index (χ3v) is 6.52. The number of benzene rings is 2. The first kappa shape index (κ1) is 22.5. The van der Waals surface area contributed by atoms with Gasteiger partial charge in [-0.25, -0.2) is 0 Å². The van der Waals surface area contributed by atoms with Crippen LogP contribution in [0.1, 0.15) is 43.5 Å². The van der Waals surface area contributed by atoms with Crippen molar-refractivity contribution in [3.05, 3.63) is 65.2 Å². The average Bonchev–Trinajstić information content (AvgIpc) is 3.24. The zero-order valence-electron chi connectivity index (χ0n) is 18.6. The molecule has 2 aromatic carbocycles. The number of amides is 2. The molecular formula is C25H25N3O5. The third kappa shape index (κ3) is 3.55. The van der Waals surface area contributed by atoms with Gasteiger partial charge in [-0.15, -0.1) is 0 Å². The van der Waals surface area contributed by atoms with Crippen LogP contribution < -0.4 is 5.32 Å². The SMILES string of the molecule is CC(C)(C)N1C(=O)C2C(c3ccc(C#N)cc3)NC(Cc3ccc(O)cc3)(C(=O)O)C2C1=O. The summed E-state index contributed by atoms with van der Waals surface area (Å²) in [5, 5.41) is 32.3. The smallest absolute Gasteiger partial charge is 0.325 e. The quantitative estimate of drug-likeness (QED) is 0.613. The van der Waals surface area contributed by atoms with Gasteiger partial charge in [-0.2, -0.15) is 5.26 Å². The molecule has 0 aliphatic carbocycles. The number of carboxylic acid groups (broad SMARTS) is 1. The number of carbonyl (C=O) groups is 3. The molecule has 0 aromatic heterocycles.